The van der Waals surface area contributed by atoms with E-state index in [1.165, 1.54) is 11.1 Å². The molecule has 8 aromatic heterocycles. The molecule has 0 atom stereocenters. The molecule has 428 valence electrons. The van der Waals surface area contributed by atoms with Crippen molar-refractivity contribution >= 4 is 131 Å². The predicted octanol–water partition coefficient (Wildman–Crippen LogP) is 23.2. The van der Waals surface area contributed by atoms with Gasteiger partial charge < -0.3 is 17.7 Å². The lowest BCUT2D eigenvalue weighted by molar-refractivity contribution is 0.664. The maximum Gasteiger partial charge on any atom is 0.136 e. The summed E-state index contributed by atoms with van der Waals surface area (Å²) in [6, 6.07) is 97.0. The number of rotatable bonds is 6. The smallest absolute Gasteiger partial charge is 0.136 e. The van der Waals surface area contributed by atoms with Gasteiger partial charge in [-0.15, -0.1) is 0 Å². The standard InChI is InChI=1S/2C42H24N2O2/c1-2-6-25(7-3-1)29-14-17-37-32(21-29)34-23-40-35(24-39(34)45-37)33-22-30(15-18-38(33)46-40)28-8-4-9-31(20-28)36-16-13-27-12-11-26-10-5-19-43-41(26)42(27)44-36;1-2-5-25(6-3-1)30-15-18-37-32(21-30)34-23-40-35(24-39(34)45-37)33-22-31(16-19-38(33)46-40)26-8-10-27(11-9-26)36-17-14-29-13-12-28-7-4-20-43-41(28)42(29)44-36/h2*1-24H. The Morgan fingerprint density at radius 2 is 0.489 bits per heavy atom. The summed E-state index contributed by atoms with van der Waals surface area (Å²) in [6.07, 6.45) is 3.65. The number of benzene rings is 12. The van der Waals surface area contributed by atoms with Crippen molar-refractivity contribution in [1.82, 2.24) is 19.9 Å². The molecular weight excluding hydrogens is 1130 g/mol. The molecule has 8 nitrogen and oxygen atoms in total. The number of nitrogens with zero attached hydrogens (tertiary/aromatic N) is 4. The van der Waals surface area contributed by atoms with E-state index in [0.717, 1.165) is 187 Å². The summed E-state index contributed by atoms with van der Waals surface area (Å²) in [5.41, 5.74) is 23.7. The Morgan fingerprint density at radius 3 is 0.913 bits per heavy atom. The molecular formula is C84H48N4O4. The fraction of sp³-hybridized carbons (Fsp3) is 0. The number of fused-ring (bicyclic) bond motifs is 18. The third kappa shape index (κ3) is 8.61. The quantitative estimate of drug-likeness (QED) is 0.152. The van der Waals surface area contributed by atoms with Gasteiger partial charge in [0.05, 0.1) is 33.5 Å². The maximum atomic E-state index is 6.40. The summed E-state index contributed by atoms with van der Waals surface area (Å²) >= 11 is 0. The van der Waals surface area contributed by atoms with Gasteiger partial charge in [0.2, 0.25) is 0 Å². The highest BCUT2D eigenvalue weighted by atomic mass is 16.3. The molecule has 0 aliphatic heterocycles. The molecule has 0 fully saturated rings. The zero-order chi connectivity index (χ0) is 60.4. The van der Waals surface area contributed by atoms with Crippen LogP contribution in [0.3, 0.4) is 0 Å². The minimum Gasteiger partial charge on any atom is -0.456 e. The highest BCUT2D eigenvalue weighted by Gasteiger charge is 2.19. The minimum absolute atomic E-state index is 0.849. The van der Waals surface area contributed by atoms with Crippen molar-refractivity contribution in [2.75, 3.05) is 0 Å². The second kappa shape index (κ2) is 20.5. The van der Waals surface area contributed by atoms with Gasteiger partial charge in [0, 0.05) is 88.2 Å². The maximum absolute atomic E-state index is 6.40. The molecule has 0 N–H and O–H groups in total. The van der Waals surface area contributed by atoms with Crippen molar-refractivity contribution in [2.45, 2.75) is 0 Å². The van der Waals surface area contributed by atoms with Crippen LogP contribution < -0.4 is 0 Å². The summed E-state index contributed by atoms with van der Waals surface area (Å²) in [5.74, 6) is 0. The third-order valence-corrected chi connectivity index (χ3v) is 18.2. The SMILES string of the molecule is c1ccc(-c2ccc3oc4cc5c(cc4c3c2)oc2ccc(-c3ccc(-c4ccc6ccc7cccnc7c6n4)cc3)cc25)cc1.c1ccc(-c2ccc3oc4cc5c(cc4c3c2)oc2ccc(-c3cccc(-c4ccc6ccc7cccnc7c6n4)c3)cc25)cc1. The van der Waals surface area contributed by atoms with Crippen molar-refractivity contribution in [1.29, 1.82) is 0 Å². The number of hydrogen-bond donors (Lipinski definition) is 0. The second-order valence-corrected chi connectivity index (χ2v) is 23.6. The van der Waals surface area contributed by atoms with Gasteiger partial charge in [0.15, 0.2) is 0 Å². The number of furan rings is 4. The van der Waals surface area contributed by atoms with Crippen molar-refractivity contribution in [3.05, 3.63) is 291 Å². The zero-order valence-corrected chi connectivity index (χ0v) is 49.1. The van der Waals surface area contributed by atoms with Crippen LogP contribution in [0.1, 0.15) is 0 Å². The Balaban J connectivity index is 0.000000132. The molecule has 0 saturated carbocycles. The summed E-state index contributed by atoms with van der Waals surface area (Å²) in [4.78, 5) is 19.3. The fourth-order valence-corrected chi connectivity index (χ4v) is 13.5. The fourth-order valence-electron chi connectivity index (χ4n) is 13.5. The van der Waals surface area contributed by atoms with Crippen LogP contribution in [0.15, 0.2) is 309 Å². The summed E-state index contributed by atoms with van der Waals surface area (Å²) < 4.78 is 25.5. The lowest BCUT2D eigenvalue weighted by atomic mass is 9.99. The van der Waals surface area contributed by atoms with Crippen molar-refractivity contribution in [3.8, 4) is 67.0 Å². The van der Waals surface area contributed by atoms with Crippen LogP contribution in [-0.4, -0.2) is 19.9 Å². The van der Waals surface area contributed by atoms with E-state index in [-0.39, 0.29) is 0 Å². The average molecular weight is 1180 g/mol. The molecule has 92 heavy (non-hydrogen) atoms. The Hall–Kier alpha value is -12.5. The van der Waals surface area contributed by atoms with E-state index in [2.05, 4.69) is 265 Å². The molecule has 0 amide bonds. The van der Waals surface area contributed by atoms with Gasteiger partial charge in [-0.3, -0.25) is 9.97 Å². The van der Waals surface area contributed by atoms with Crippen molar-refractivity contribution in [2.24, 2.45) is 0 Å². The van der Waals surface area contributed by atoms with Crippen molar-refractivity contribution in [3.63, 3.8) is 0 Å². The molecule has 0 radical (unpaired) electrons. The van der Waals surface area contributed by atoms with Gasteiger partial charge >= 0.3 is 0 Å². The topological polar surface area (TPSA) is 104 Å². The molecule has 20 rings (SSSR count). The number of aromatic nitrogens is 4. The minimum atomic E-state index is 0.849. The first kappa shape index (κ1) is 51.5. The van der Waals surface area contributed by atoms with Gasteiger partial charge in [-0.05, 0) is 148 Å². The van der Waals surface area contributed by atoms with Crippen LogP contribution >= 0.6 is 0 Å². The molecule has 12 aromatic carbocycles. The average Bonchev–Trinajstić information content (AvgIpc) is 1.59. The summed E-state index contributed by atoms with van der Waals surface area (Å²) in [7, 11) is 0. The van der Waals surface area contributed by atoms with Gasteiger partial charge in [-0.2, -0.15) is 0 Å². The van der Waals surface area contributed by atoms with E-state index in [4.69, 9.17) is 27.6 Å². The molecule has 8 heteroatoms. The van der Waals surface area contributed by atoms with Gasteiger partial charge in [0.25, 0.3) is 0 Å². The van der Waals surface area contributed by atoms with E-state index < -0.39 is 0 Å². The molecule has 20 aromatic rings. The Bertz CT molecular complexity index is 6380. The van der Waals surface area contributed by atoms with Crippen molar-refractivity contribution < 1.29 is 17.7 Å². The van der Waals surface area contributed by atoms with E-state index in [1.807, 2.05) is 36.7 Å². The first-order valence-corrected chi connectivity index (χ1v) is 30.8. The molecule has 0 aliphatic rings. The van der Waals surface area contributed by atoms with Gasteiger partial charge in [-0.25, -0.2) is 9.97 Å². The Morgan fingerprint density at radius 1 is 0.185 bits per heavy atom. The number of hydrogen-bond acceptors (Lipinski definition) is 8. The molecule has 0 saturated heterocycles. The largest absolute Gasteiger partial charge is 0.456 e. The monoisotopic (exact) mass is 1180 g/mol. The van der Waals surface area contributed by atoms with E-state index in [0.29, 0.717) is 0 Å². The lowest BCUT2D eigenvalue weighted by Crippen LogP contribution is -1.89. The molecule has 0 aliphatic carbocycles. The summed E-state index contributed by atoms with van der Waals surface area (Å²) in [6.45, 7) is 0. The Kier molecular flexibility index (Phi) is 11.5. The molecule has 0 bridgehead atoms. The second-order valence-electron chi connectivity index (χ2n) is 23.6. The van der Waals surface area contributed by atoms with Crippen LogP contribution in [0.2, 0.25) is 0 Å². The first-order chi connectivity index (χ1) is 45.5. The Labute approximate surface area is 524 Å². The van der Waals surface area contributed by atoms with E-state index >= 15 is 0 Å². The molecule has 0 unspecified atom stereocenters. The highest BCUT2D eigenvalue weighted by molar-refractivity contribution is 6.18. The van der Waals surface area contributed by atoms with Crippen LogP contribution in [-0.2, 0) is 0 Å². The number of pyridine rings is 4. The summed E-state index contributed by atoms with van der Waals surface area (Å²) in [5, 5.41) is 12.9. The normalized spacial score (nSPS) is 11.9. The lowest BCUT2D eigenvalue weighted by Gasteiger charge is -2.08. The highest BCUT2D eigenvalue weighted by Crippen LogP contribution is 2.43. The third-order valence-electron chi connectivity index (χ3n) is 18.2. The van der Waals surface area contributed by atoms with E-state index in [9.17, 15) is 0 Å². The molecule has 8 heterocycles. The van der Waals surface area contributed by atoms with Gasteiger partial charge in [-0.1, -0.05) is 176 Å². The zero-order valence-electron chi connectivity index (χ0n) is 49.1. The van der Waals surface area contributed by atoms with Crippen LogP contribution in [0, 0.1) is 0 Å². The van der Waals surface area contributed by atoms with Gasteiger partial charge in [0.1, 0.15) is 44.7 Å². The van der Waals surface area contributed by atoms with Crippen LogP contribution in [0.5, 0.6) is 0 Å². The first-order valence-electron chi connectivity index (χ1n) is 30.8. The van der Waals surface area contributed by atoms with Crippen LogP contribution in [0.4, 0.5) is 0 Å². The van der Waals surface area contributed by atoms with Crippen LogP contribution in [0.25, 0.3) is 198 Å². The van der Waals surface area contributed by atoms with E-state index in [1.54, 1.807) is 0 Å². The predicted molar refractivity (Wildman–Crippen MR) is 376 cm³/mol. The molecule has 0 spiro atoms.